The first-order chi connectivity index (χ1) is 8.15. The molecule has 1 N–H and O–H groups in total. The predicted octanol–water partition coefficient (Wildman–Crippen LogP) is 3.02. The number of aromatic nitrogens is 1. The second kappa shape index (κ2) is 4.78. The molecular weight excluding hydrogens is 212 g/mol. The fourth-order valence-corrected chi connectivity index (χ4v) is 1.57. The molecule has 0 saturated heterocycles. The van der Waals surface area contributed by atoms with Crippen molar-refractivity contribution in [3.8, 4) is 11.3 Å². The van der Waals surface area contributed by atoms with E-state index in [2.05, 4.69) is 10.3 Å². The molecule has 0 bridgehead atoms. The van der Waals surface area contributed by atoms with E-state index in [0.717, 1.165) is 22.5 Å². The van der Waals surface area contributed by atoms with E-state index < -0.39 is 0 Å². The van der Waals surface area contributed by atoms with E-state index in [9.17, 15) is 4.79 Å². The van der Waals surface area contributed by atoms with Gasteiger partial charge >= 0.3 is 0 Å². The molecule has 0 fully saturated rings. The van der Waals surface area contributed by atoms with Crippen molar-refractivity contribution in [2.24, 2.45) is 0 Å². The molecule has 0 atom stereocenters. The maximum atomic E-state index is 10.9. The molecule has 1 heterocycles. The maximum absolute atomic E-state index is 10.9. The monoisotopic (exact) mass is 226 g/mol. The third-order valence-electron chi connectivity index (χ3n) is 2.41. The van der Waals surface area contributed by atoms with Crippen molar-refractivity contribution in [1.82, 2.24) is 4.98 Å². The van der Waals surface area contributed by atoms with Crippen LogP contribution in [0.4, 0.5) is 5.69 Å². The first kappa shape index (κ1) is 11.3. The van der Waals surface area contributed by atoms with Gasteiger partial charge in [0.15, 0.2) is 0 Å². The minimum atomic E-state index is -0.0637. The van der Waals surface area contributed by atoms with Crippen molar-refractivity contribution in [3.05, 3.63) is 48.2 Å². The Morgan fingerprint density at radius 1 is 1.12 bits per heavy atom. The lowest BCUT2D eigenvalue weighted by Crippen LogP contribution is -2.05. The van der Waals surface area contributed by atoms with Crippen LogP contribution in [-0.2, 0) is 4.79 Å². The summed E-state index contributed by atoms with van der Waals surface area (Å²) in [7, 11) is 0. The zero-order chi connectivity index (χ0) is 12.3. The first-order valence-electron chi connectivity index (χ1n) is 5.46. The van der Waals surface area contributed by atoms with Crippen molar-refractivity contribution in [1.29, 1.82) is 0 Å². The second-order valence-corrected chi connectivity index (χ2v) is 3.98. The van der Waals surface area contributed by atoms with Gasteiger partial charge in [-0.3, -0.25) is 9.78 Å². The summed E-state index contributed by atoms with van der Waals surface area (Å²) >= 11 is 0. The Morgan fingerprint density at radius 3 is 2.35 bits per heavy atom. The fourth-order valence-electron chi connectivity index (χ4n) is 1.57. The molecule has 1 aromatic carbocycles. The molecule has 1 amide bonds. The van der Waals surface area contributed by atoms with Crippen molar-refractivity contribution in [2.75, 3.05) is 5.32 Å². The smallest absolute Gasteiger partial charge is 0.221 e. The molecule has 0 spiro atoms. The number of carbonyl (C=O) groups excluding carboxylic acids is 1. The van der Waals surface area contributed by atoms with Crippen LogP contribution in [0.15, 0.2) is 42.6 Å². The molecule has 3 nitrogen and oxygen atoms in total. The average Bonchev–Trinajstić information content (AvgIpc) is 2.30. The number of benzene rings is 1. The normalized spacial score (nSPS) is 10.0. The molecule has 3 heteroatoms. The van der Waals surface area contributed by atoms with E-state index in [0.29, 0.717) is 0 Å². The molecule has 2 rings (SSSR count). The third-order valence-corrected chi connectivity index (χ3v) is 2.41. The minimum absolute atomic E-state index is 0.0637. The van der Waals surface area contributed by atoms with E-state index in [1.54, 1.807) is 0 Å². The summed E-state index contributed by atoms with van der Waals surface area (Å²) in [5.41, 5.74) is 3.92. The number of hydrogen-bond acceptors (Lipinski definition) is 2. The third kappa shape index (κ3) is 2.91. The van der Waals surface area contributed by atoms with Crippen LogP contribution in [0.2, 0.25) is 0 Å². The maximum Gasteiger partial charge on any atom is 0.221 e. The molecule has 1 aromatic heterocycles. The summed E-state index contributed by atoms with van der Waals surface area (Å²) < 4.78 is 0. The first-order valence-corrected chi connectivity index (χ1v) is 5.46. The van der Waals surface area contributed by atoms with Crippen LogP contribution < -0.4 is 5.32 Å². The number of amides is 1. The predicted molar refractivity (Wildman–Crippen MR) is 68.7 cm³/mol. The molecule has 0 aliphatic carbocycles. The van der Waals surface area contributed by atoms with Gasteiger partial charge in [0.1, 0.15) is 0 Å². The van der Waals surface area contributed by atoms with Crippen molar-refractivity contribution < 1.29 is 4.79 Å². The lowest BCUT2D eigenvalue weighted by atomic mass is 10.1. The number of aryl methyl sites for hydroxylation is 1. The van der Waals surface area contributed by atoms with Gasteiger partial charge in [-0.25, -0.2) is 0 Å². The Hall–Kier alpha value is -2.16. The Labute approximate surface area is 101 Å². The van der Waals surface area contributed by atoms with Crippen molar-refractivity contribution in [3.63, 3.8) is 0 Å². The van der Waals surface area contributed by atoms with Gasteiger partial charge in [-0.15, -0.1) is 0 Å². The Bertz CT molecular complexity index is 515. The largest absolute Gasteiger partial charge is 0.326 e. The van der Waals surface area contributed by atoms with Crippen molar-refractivity contribution >= 4 is 11.6 Å². The molecule has 86 valence electrons. The van der Waals surface area contributed by atoms with Crippen molar-refractivity contribution in [2.45, 2.75) is 13.8 Å². The van der Waals surface area contributed by atoms with E-state index in [4.69, 9.17) is 0 Å². The summed E-state index contributed by atoms with van der Waals surface area (Å²) in [6.45, 7) is 3.51. The number of nitrogens with one attached hydrogen (secondary N) is 1. The highest BCUT2D eigenvalue weighted by Crippen LogP contribution is 2.19. The van der Waals surface area contributed by atoms with E-state index >= 15 is 0 Å². The SMILES string of the molecule is CC(=O)Nc1ccc(-c2ccc(C)cn2)cc1. The lowest BCUT2D eigenvalue weighted by molar-refractivity contribution is -0.114. The van der Waals surface area contributed by atoms with Crippen LogP contribution in [0.25, 0.3) is 11.3 Å². The standard InChI is InChI=1S/C14H14N2O/c1-10-3-8-14(15-9-10)12-4-6-13(7-5-12)16-11(2)17/h3-9H,1-2H3,(H,16,17). The fraction of sp³-hybridized carbons (Fsp3) is 0.143. The molecular formula is C14H14N2O. The molecule has 0 unspecified atom stereocenters. The van der Waals surface area contributed by atoms with Crippen LogP contribution in [0.3, 0.4) is 0 Å². The van der Waals surface area contributed by atoms with Gasteiger partial charge in [-0.05, 0) is 30.7 Å². The van der Waals surface area contributed by atoms with Gasteiger partial charge in [-0.2, -0.15) is 0 Å². The zero-order valence-electron chi connectivity index (χ0n) is 9.90. The second-order valence-electron chi connectivity index (χ2n) is 3.98. The quantitative estimate of drug-likeness (QED) is 0.855. The van der Waals surface area contributed by atoms with Gasteiger partial charge in [0.25, 0.3) is 0 Å². The molecule has 0 radical (unpaired) electrons. The zero-order valence-corrected chi connectivity index (χ0v) is 9.90. The number of anilines is 1. The summed E-state index contributed by atoms with van der Waals surface area (Å²) in [4.78, 5) is 15.2. The number of pyridine rings is 1. The highest BCUT2D eigenvalue weighted by Gasteiger charge is 2.00. The van der Waals surface area contributed by atoms with E-state index in [1.165, 1.54) is 6.92 Å². The average molecular weight is 226 g/mol. The molecule has 0 saturated carbocycles. The minimum Gasteiger partial charge on any atom is -0.326 e. The molecule has 0 aliphatic heterocycles. The summed E-state index contributed by atoms with van der Waals surface area (Å²) in [5.74, 6) is -0.0637. The lowest BCUT2D eigenvalue weighted by Gasteiger charge is -2.04. The number of carbonyl (C=O) groups is 1. The topological polar surface area (TPSA) is 42.0 Å². The van der Waals surface area contributed by atoms with Crippen LogP contribution >= 0.6 is 0 Å². The number of rotatable bonds is 2. The van der Waals surface area contributed by atoms with E-state index in [-0.39, 0.29) is 5.91 Å². The summed E-state index contributed by atoms with van der Waals surface area (Å²) in [6, 6.07) is 11.7. The van der Waals surface area contributed by atoms with Crippen LogP contribution in [0, 0.1) is 6.92 Å². The molecule has 2 aromatic rings. The highest BCUT2D eigenvalue weighted by atomic mass is 16.1. The molecule has 0 aliphatic rings. The van der Waals surface area contributed by atoms with Gasteiger partial charge in [0, 0.05) is 24.4 Å². The van der Waals surface area contributed by atoms with E-state index in [1.807, 2.05) is 49.5 Å². The van der Waals surface area contributed by atoms with Crippen LogP contribution in [0.1, 0.15) is 12.5 Å². The molecule has 17 heavy (non-hydrogen) atoms. The Kier molecular flexibility index (Phi) is 3.19. The Balaban J connectivity index is 2.23. The van der Waals surface area contributed by atoms with Crippen LogP contribution in [0.5, 0.6) is 0 Å². The summed E-state index contributed by atoms with van der Waals surface area (Å²) in [5, 5.41) is 2.73. The van der Waals surface area contributed by atoms with Gasteiger partial charge in [0.2, 0.25) is 5.91 Å². The van der Waals surface area contributed by atoms with Gasteiger partial charge in [-0.1, -0.05) is 18.2 Å². The number of hydrogen-bond donors (Lipinski definition) is 1. The Morgan fingerprint density at radius 2 is 1.82 bits per heavy atom. The van der Waals surface area contributed by atoms with Gasteiger partial charge < -0.3 is 5.32 Å². The van der Waals surface area contributed by atoms with Gasteiger partial charge in [0.05, 0.1) is 5.69 Å². The van der Waals surface area contributed by atoms with Crippen LogP contribution in [-0.4, -0.2) is 10.9 Å². The number of nitrogens with zero attached hydrogens (tertiary/aromatic N) is 1. The summed E-state index contributed by atoms with van der Waals surface area (Å²) in [6.07, 6.45) is 1.84. The highest BCUT2D eigenvalue weighted by molar-refractivity contribution is 5.88.